The zero-order valence-corrected chi connectivity index (χ0v) is 12.1. The van der Waals surface area contributed by atoms with Crippen molar-refractivity contribution >= 4 is 17.8 Å². The van der Waals surface area contributed by atoms with E-state index in [0.29, 0.717) is 0 Å². The lowest BCUT2D eigenvalue weighted by atomic mass is 10.1. The third kappa shape index (κ3) is 3.99. The average molecular weight is 297 g/mol. The number of hydrogen-bond acceptors (Lipinski definition) is 5. The number of amides is 2. The number of carbonyl (C=O) groups excluding carboxylic acids is 2. The van der Waals surface area contributed by atoms with Crippen LogP contribution in [0.3, 0.4) is 0 Å². The normalized spacial score (nSPS) is 16.1. The maximum absolute atomic E-state index is 12.2. The monoisotopic (exact) mass is 297 g/mol. The first-order chi connectivity index (χ1) is 9.93. The lowest BCUT2D eigenvalue weighted by Crippen LogP contribution is -2.34. The van der Waals surface area contributed by atoms with Gasteiger partial charge in [0, 0.05) is 16.7 Å². The van der Waals surface area contributed by atoms with E-state index in [1.54, 1.807) is 6.92 Å². The molecule has 1 rings (SSSR count). The summed E-state index contributed by atoms with van der Waals surface area (Å²) in [5.74, 6) is -2.07. The Morgan fingerprint density at radius 1 is 1.29 bits per heavy atom. The lowest BCUT2D eigenvalue weighted by Gasteiger charge is -2.14. The smallest absolute Gasteiger partial charge is 0.331 e. The fourth-order valence-corrected chi connectivity index (χ4v) is 1.90. The fraction of sp³-hybridized carbons (Fsp3) is 0.500. The van der Waals surface area contributed by atoms with Crippen LogP contribution in [0.5, 0.6) is 0 Å². The zero-order valence-electron chi connectivity index (χ0n) is 12.1. The Hall–Kier alpha value is -1.99. The molecule has 1 aliphatic heterocycles. The van der Waals surface area contributed by atoms with Gasteiger partial charge in [-0.15, -0.1) is 0 Å². The summed E-state index contributed by atoms with van der Waals surface area (Å²) in [5, 5.41) is 17.6. The van der Waals surface area contributed by atoms with Gasteiger partial charge in [0.15, 0.2) is 0 Å². The summed E-state index contributed by atoms with van der Waals surface area (Å²) in [5.41, 5.74) is 0.416. The minimum absolute atomic E-state index is 0.0703. The van der Waals surface area contributed by atoms with Gasteiger partial charge in [0.2, 0.25) is 0 Å². The summed E-state index contributed by atoms with van der Waals surface area (Å²) in [7, 11) is 0. The molecule has 1 aliphatic rings. The Morgan fingerprint density at radius 2 is 1.95 bits per heavy atom. The number of imide groups is 1. The molecule has 21 heavy (non-hydrogen) atoms. The van der Waals surface area contributed by atoms with Gasteiger partial charge in [-0.1, -0.05) is 6.92 Å². The van der Waals surface area contributed by atoms with Gasteiger partial charge in [0.25, 0.3) is 11.8 Å². The molecule has 2 N–H and O–H groups in total. The third-order valence-electron chi connectivity index (χ3n) is 3.11. The van der Waals surface area contributed by atoms with Crippen molar-refractivity contribution in [3.05, 3.63) is 22.8 Å². The Balaban J connectivity index is 2.86. The summed E-state index contributed by atoms with van der Waals surface area (Å²) >= 11 is 0. The second-order valence-corrected chi connectivity index (χ2v) is 4.46. The van der Waals surface area contributed by atoms with E-state index in [1.165, 1.54) is 13.0 Å². The molecular weight excluding hydrogens is 278 g/mol. The fourth-order valence-electron chi connectivity index (χ4n) is 1.90. The average Bonchev–Trinajstić information content (AvgIpc) is 2.64. The minimum atomic E-state index is -1.11. The molecule has 0 aromatic rings. The van der Waals surface area contributed by atoms with Crippen molar-refractivity contribution in [3.8, 4) is 0 Å². The molecule has 7 nitrogen and oxygen atoms in total. The van der Waals surface area contributed by atoms with Crippen LogP contribution < -0.4 is 0 Å². The molecule has 2 amide bonds. The number of carbonyl (C=O) groups is 3. The van der Waals surface area contributed by atoms with Crippen LogP contribution in [-0.4, -0.2) is 59.3 Å². The highest BCUT2D eigenvalue weighted by molar-refractivity contribution is 6.20. The highest BCUT2D eigenvalue weighted by atomic mass is 16.5. The number of hydrogen-bond donors (Lipinski definition) is 2. The van der Waals surface area contributed by atoms with Crippen molar-refractivity contribution in [2.24, 2.45) is 0 Å². The number of aliphatic hydroxyl groups excluding tert-OH is 1. The number of rotatable bonds is 8. The van der Waals surface area contributed by atoms with Crippen LogP contribution >= 0.6 is 0 Å². The molecule has 0 unspecified atom stereocenters. The molecule has 0 bridgehead atoms. The molecule has 7 heteroatoms. The van der Waals surface area contributed by atoms with Crippen molar-refractivity contribution in [2.45, 2.75) is 20.3 Å². The highest BCUT2D eigenvalue weighted by Crippen LogP contribution is 2.23. The maximum atomic E-state index is 12.2. The van der Waals surface area contributed by atoms with Gasteiger partial charge in [0.05, 0.1) is 26.4 Å². The number of nitrogens with zero attached hydrogens (tertiary/aromatic N) is 1. The van der Waals surface area contributed by atoms with E-state index in [-0.39, 0.29) is 49.5 Å². The van der Waals surface area contributed by atoms with E-state index in [9.17, 15) is 14.4 Å². The van der Waals surface area contributed by atoms with Gasteiger partial charge in [0.1, 0.15) is 0 Å². The molecule has 0 saturated carbocycles. The van der Waals surface area contributed by atoms with E-state index in [4.69, 9.17) is 14.9 Å². The van der Waals surface area contributed by atoms with Gasteiger partial charge >= 0.3 is 5.97 Å². The topological polar surface area (TPSA) is 104 Å². The van der Waals surface area contributed by atoms with Crippen LogP contribution in [-0.2, 0) is 19.1 Å². The van der Waals surface area contributed by atoms with Crippen molar-refractivity contribution in [2.75, 3.05) is 26.4 Å². The highest BCUT2D eigenvalue weighted by Gasteiger charge is 2.34. The minimum Gasteiger partial charge on any atom is -0.478 e. The van der Waals surface area contributed by atoms with Gasteiger partial charge < -0.3 is 14.9 Å². The Morgan fingerprint density at radius 3 is 2.48 bits per heavy atom. The number of aliphatic carboxylic acids is 1. The Labute approximate surface area is 122 Å². The number of ether oxygens (including phenoxy) is 1. The van der Waals surface area contributed by atoms with Crippen LogP contribution in [0, 0.1) is 0 Å². The first-order valence-electron chi connectivity index (χ1n) is 6.63. The predicted octanol–water partition coefficient (Wildman–Crippen LogP) is 0.102. The van der Waals surface area contributed by atoms with Crippen molar-refractivity contribution in [3.63, 3.8) is 0 Å². The lowest BCUT2D eigenvalue weighted by molar-refractivity contribution is -0.138. The van der Waals surface area contributed by atoms with Crippen LogP contribution in [0.2, 0.25) is 0 Å². The standard InChI is InChI=1S/C14H19NO6/c1-3-10(14(19)20)8-11-9(2)12(17)15(13(11)18)4-6-21-7-5-16/h8,16H,3-7H2,1-2H3,(H,19,20). The van der Waals surface area contributed by atoms with Gasteiger partial charge in [-0.05, 0) is 19.4 Å². The summed E-state index contributed by atoms with van der Waals surface area (Å²) in [4.78, 5) is 36.2. The first-order valence-corrected chi connectivity index (χ1v) is 6.63. The van der Waals surface area contributed by atoms with Gasteiger partial charge in [-0.25, -0.2) is 4.79 Å². The van der Waals surface area contributed by atoms with Crippen LogP contribution in [0.15, 0.2) is 22.8 Å². The summed E-state index contributed by atoms with van der Waals surface area (Å²) in [6.07, 6.45) is 1.51. The number of carboxylic acids is 1. The third-order valence-corrected chi connectivity index (χ3v) is 3.11. The largest absolute Gasteiger partial charge is 0.478 e. The molecule has 0 radical (unpaired) electrons. The molecule has 0 atom stereocenters. The predicted molar refractivity (Wildman–Crippen MR) is 73.3 cm³/mol. The molecule has 0 aromatic heterocycles. The van der Waals surface area contributed by atoms with Gasteiger partial charge in [-0.3, -0.25) is 14.5 Å². The SMILES string of the molecule is CCC(=CC1=C(C)C(=O)N(CCOCCO)C1=O)C(=O)O. The molecule has 1 heterocycles. The molecule has 0 saturated heterocycles. The maximum Gasteiger partial charge on any atom is 0.331 e. The Kier molecular flexibility index (Phi) is 6.26. The van der Waals surface area contributed by atoms with Crippen molar-refractivity contribution in [1.82, 2.24) is 4.90 Å². The molecule has 0 fully saturated rings. The van der Waals surface area contributed by atoms with E-state index in [0.717, 1.165) is 4.90 Å². The molecule has 0 aromatic carbocycles. The second kappa shape index (κ2) is 7.70. The number of aliphatic hydroxyl groups is 1. The number of carboxylic acid groups (broad SMARTS) is 1. The Bertz CT molecular complexity index is 506. The van der Waals surface area contributed by atoms with Crippen LogP contribution in [0.25, 0.3) is 0 Å². The molecule has 0 spiro atoms. The van der Waals surface area contributed by atoms with E-state index < -0.39 is 17.8 Å². The summed E-state index contributed by atoms with van der Waals surface area (Å²) in [6, 6.07) is 0. The van der Waals surface area contributed by atoms with Crippen molar-refractivity contribution in [1.29, 1.82) is 0 Å². The quantitative estimate of drug-likeness (QED) is 0.374. The van der Waals surface area contributed by atoms with E-state index in [1.807, 2.05) is 0 Å². The van der Waals surface area contributed by atoms with E-state index in [2.05, 4.69) is 0 Å². The van der Waals surface area contributed by atoms with Gasteiger partial charge in [-0.2, -0.15) is 0 Å². The summed E-state index contributed by atoms with van der Waals surface area (Å²) in [6.45, 7) is 3.36. The zero-order chi connectivity index (χ0) is 16.0. The molecule has 116 valence electrons. The van der Waals surface area contributed by atoms with Crippen molar-refractivity contribution < 1.29 is 29.3 Å². The van der Waals surface area contributed by atoms with Crippen LogP contribution in [0.4, 0.5) is 0 Å². The second-order valence-electron chi connectivity index (χ2n) is 4.46. The van der Waals surface area contributed by atoms with Crippen LogP contribution in [0.1, 0.15) is 20.3 Å². The summed E-state index contributed by atoms with van der Waals surface area (Å²) < 4.78 is 5.03. The molecular formula is C14H19NO6. The van der Waals surface area contributed by atoms with E-state index >= 15 is 0 Å². The first kappa shape index (κ1) is 17.1. The molecule has 0 aliphatic carbocycles.